The van der Waals surface area contributed by atoms with Gasteiger partial charge in [-0.25, -0.2) is 9.59 Å². The van der Waals surface area contributed by atoms with Gasteiger partial charge in [-0.05, 0) is 58.7 Å². The van der Waals surface area contributed by atoms with E-state index in [4.69, 9.17) is 20.9 Å². The van der Waals surface area contributed by atoms with E-state index in [1.54, 1.807) is 65.9 Å². The van der Waals surface area contributed by atoms with Crippen molar-refractivity contribution in [2.75, 3.05) is 5.73 Å². The Balaban J connectivity index is 1.88. The van der Waals surface area contributed by atoms with Crippen molar-refractivity contribution >= 4 is 28.7 Å². The number of hydrogen-bond acceptors (Lipinski definition) is 7. The van der Waals surface area contributed by atoms with Gasteiger partial charge in [0, 0.05) is 10.9 Å². The molecule has 0 aliphatic heterocycles. The topological polar surface area (TPSA) is 122 Å². The second-order valence-corrected chi connectivity index (χ2v) is 9.63. The third kappa shape index (κ3) is 5.08. The Morgan fingerprint density at radius 2 is 1.53 bits per heavy atom. The zero-order valence-electron chi connectivity index (χ0n) is 19.3. The first-order chi connectivity index (χ1) is 14.8. The number of carbonyl (C=O) groups is 2. The molecule has 0 spiro atoms. The van der Waals surface area contributed by atoms with Gasteiger partial charge in [-0.2, -0.15) is 9.78 Å². The largest absolute Gasteiger partial charge is 0.459 e. The highest BCUT2D eigenvalue weighted by atomic mass is 16.6. The minimum absolute atomic E-state index is 0.485. The summed E-state index contributed by atoms with van der Waals surface area (Å²) in [6.07, 6.45) is 0.977. The summed E-state index contributed by atoms with van der Waals surface area (Å²) in [5.74, 6) is -0.485. The summed E-state index contributed by atoms with van der Waals surface area (Å²) >= 11 is 0. The molecule has 0 radical (unpaired) electrons. The molecule has 3 aromatic rings. The van der Waals surface area contributed by atoms with Gasteiger partial charge in [0.2, 0.25) is 0 Å². The van der Waals surface area contributed by atoms with Crippen LogP contribution in [0.5, 0.6) is 0 Å². The van der Waals surface area contributed by atoms with E-state index in [2.05, 4.69) is 5.10 Å². The van der Waals surface area contributed by atoms with Crippen molar-refractivity contribution in [2.45, 2.75) is 58.8 Å². The Labute approximate surface area is 187 Å². The van der Waals surface area contributed by atoms with Crippen molar-refractivity contribution in [3.8, 4) is 11.1 Å². The number of aromatic nitrogens is 2. The Kier molecular flexibility index (Phi) is 6.02. The minimum Gasteiger partial charge on any atom is -0.459 e. The van der Waals surface area contributed by atoms with Gasteiger partial charge >= 0.3 is 12.1 Å². The normalized spacial score (nSPS) is 13.1. The number of benzene rings is 2. The van der Waals surface area contributed by atoms with E-state index in [9.17, 15) is 9.59 Å². The maximum absolute atomic E-state index is 12.4. The smallest absolute Gasteiger partial charge is 0.435 e. The molecule has 1 heterocycles. The second-order valence-electron chi connectivity index (χ2n) is 9.63. The Hall–Kier alpha value is -3.39. The first-order valence-electron chi connectivity index (χ1n) is 10.4. The summed E-state index contributed by atoms with van der Waals surface area (Å²) in [5, 5.41) is 4.80. The van der Waals surface area contributed by atoms with Crippen LogP contribution in [-0.2, 0) is 14.3 Å². The van der Waals surface area contributed by atoms with Gasteiger partial charge in [0.1, 0.15) is 17.2 Å². The number of rotatable bonds is 3. The van der Waals surface area contributed by atoms with Gasteiger partial charge in [-0.3, -0.25) is 0 Å². The lowest BCUT2D eigenvalue weighted by Gasteiger charge is -2.22. The number of carbonyl (C=O) groups excluding carboxylic acids is 2. The summed E-state index contributed by atoms with van der Waals surface area (Å²) in [6, 6.07) is 9.96. The van der Waals surface area contributed by atoms with E-state index >= 15 is 0 Å². The predicted molar refractivity (Wildman–Crippen MR) is 124 cm³/mol. The van der Waals surface area contributed by atoms with E-state index in [0.29, 0.717) is 22.2 Å². The lowest BCUT2D eigenvalue weighted by Crippen LogP contribution is -2.31. The molecule has 0 bridgehead atoms. The summed E-state index contributed by atoms with van der Waals surface area (Å²) in [7, 11) is 0. The van der Waals surface area contributed by atoms with Gasteiger partial charge in [0.05, 0.1) is 17.4 Å². The van der Waals surface area contributed by atoms with Crippen LogP contribution >= 0.6 is 0 Å². The van der Waals surface area contributed by atoms with Crippen LogP contribution in [0.1, 0.15) is 53.1 Å². The van der Waals surface area contributed by atoms with Crippen LogP contribution in [0.3, 0.4) is 0 Å². The highest BCUT2D eigenvalue weighted by Gasteiger charge is 2.24. The van der Waals surface area contributed by atoms with E-state index in [-0.39, 0.29) is 0 Å². The quantitative estimate of drug-likeness (QED) is 0.459. The molecule has 1 atom stereocenters. The predicted octanol–water partition coefficient (Wildman–Crippen LogP) is 4.41. The number of esters is 1. The van der Waals surface area contributed by atoms with E-state index in [1.807, 2.05) is 18.2 Å². The van der Waals surface area contributed by atoms with Crippen molar-refractivity contribution in [1.82, 2.24) is 9.78 Å². The molecule has 0 saturated heterocycles. The van der Waals surface area contributed by atoms with Crippen LogP contribution in [0, 0.1) is 0 Å². The minimum atomic E-state index is -0.879. The molecular formula is C24H30N4O4. The lowest BCUT2D eigenvalue weighted by atomic mass is 9.98. The zero-order chi connectivity index (χ0) is 23.8. The van der Waals surface area contributed by atoms with Crippen molar-refractivity contribution in [3.63, 3.8) is 0 Å². The van der Waals surface area contributed by atoms with Gasteiger partial charge < -0.3 is 20.9 Å². The van der Waals surface area contributed by atoms with Crippen LogP contribution in [0.2, 0.25) is 0 Å². The van der Waals surface area contributed by atoms with Gasteiger partial charge in [-0.15, -0.1) is 0 Å². The summed E-state index contributed by atoms with van der Waals surface area (Å²) in [5.41, 5.74) is 14.5. The molecule has 8 heteroatoms. The summed E-state index contributed by atoms with van der Waals surface area (Å²) in [4.78, 5) is 24.7. The SMILES string of the molecule is CC(C)(C)OC(=O)C(N)c1ccc(-c2ccc3c(cnn3C(=O)OC(C)(C)C)c2N)cc1. The summed E-state index contributed by atoms with van der Waals surface area (Å²) < 4.78 is 12.0. The van der Waals surface area contributed by atoms with Crippen molar-refractivity contribution in [1.29, 1.82) is 0 Å². The van der Waals surface area contributed by atoms with Crippen molar-refractivity contribution in [2.24, 2.45) is 5.73 Å². The zero-order valence-corrected chi connectivity index (χ0v) is 19.3. The molecule has 4 N–H and O–H groups in total. The monoisotopic (exact) mass is 438 g/mol. The number of nitrogen functional groups attached to an aromatic ring is 1. The molecular weight excluding hydrogens is 408 g/mol. The van der Waals surface area contributed by atoms with Crippen LogP contribution in [-0.4, -0.2) is 33.0 Å². The molecule has 0 saturated carbocycles. The molecule has 1 unspecified atom stereocenters. The van der Waals surface area contributed by atoms with Crippen LogP contribution in [0.15, 0.2) is 42.6 Å². The Bertz CT molecular complexity index is 1150. The molecule has 1 aromatic heterocycles. The Morgan fingerprint density at radius 1 is 0.938 bits per heavy atom. The average Bonchev–Trinajstić information content (AvgIpc) is 3.10. The number of nitrogens with zero attached hydrogens (tertiary/aromatic N) is 2. The van der Waals surface area contributed by atoms with Gasteiger partial charge in [0.15, 0.2) is 0 Å². The molecule has 170 valence electrons. The molecule has 32 heavy (non-hydrogen) atoms. The maximum Gasteiger partial charge on any atom is 0.435 e. The second kappa shape index (κ2) is 8.27. The van der Waals surface area contributed by atoms with Crippen LogP contribution in [0.25, 0.3) is 22.0 Å². The summed E-state index contributed by atoms with van der Waals surface area (Å²) in [6.45, 7) is 10.8. The van der Waals surface area contributed by atoms with Crippen molar-refractivity contribution < 1.29 is 19.1 Å². The molecule has 0 aliphatic carbocycles. The molecule has 0 aliphatic rings. The van der Waals surface area contributed by atoms with Crippen LogP contribution in [0.4, 0.5) is 10.5 Å². The standard InChI is InChI=1S/C24H30N4O4/c1-23(2,3)31-21(29)19(25)15-9-7-14(8-10-15)16-11-12-18-17(20(16)26)13-27-28(18)22(30)32-24(4,5)6/h7-13,19H,25-26H2,1-6H3. The van der Waals surface area contributed by atoms with E-state index < -0.39 is 29.3 Å². The highest BCUT2D eigenvalue weighted by Crippen LogP contribution is 2.33. The van der Waals surface area contributed by atoms with Gasteiger partial charge in [0.25, 0.3) is 0 Å². The first-order valence-corrected chi connectivity index (χ1v) is 10.4. The van der Waals surface area contributed by atoms with E-state index in [0.717, 1.165) is 11.1 Å². The average molecular weight is 439 g/mol. The molecule has 3 rings (SSSR count). The van der Waals surface area contributed by atoms with E-state index in [1.165, 1.54) is 4.68 Å². The van der Waals surface area contributed by atoms with Crippen LogP contribution < -0.4 is 11.5 Å². The fourth-order valence-electron chi connectivity index (χ4n) is 3.20. The number of nitrogens with two attached hydrogens (primary N) is 2. The molecule has 2 aromatic carbocycles. The number of fused-ring (bicyclic) bond motifs is 1. The number of ether oxygens (including phenoxy) is 2. The molecule has 0 amide bonds. The van der Waals surface area contributed by atoms with Crippen molar-refractivity contribution in [3.05, 3.63) is 48.2 Å². The first kappa shape index (κ1) is 23.3. The maximum atomic E-state index is 12.4. The highest BCUT2D eigenvalue weighted by molar-refractivity contribution is 6.01. The number of hydrogen-bond donors (Lipinski definition) is 2. The molecule has 8 nitrogen and oxygen atoms in total. The lowest BCUT2D eigenvalue weighted by molar-refractivity contribution is -0.156. The number of anilines is 1. The third-order valence-electron chi connectivity index (χ3n) is 4.60. The Morgan fingerprint density at radius 3 is 2.09 bits per heavy atom. The van der Waals surface area contributed by atoms with Gasteiger partial charge in [-0.1, -0.05) is 30.3 Å². The third-order valence-corrected chi connectivity index (χ3v) is 4.60. The fraction of sp³-hybridized carbons (Fsp3) is 0.375. The fourth-order valence-corrected chi connectivity index (χ4v) is 3.20. The molecule has 0 fully saturated rings.